The Kier molecular flexibility index (Phi) is 4.68. The molecule has 0 bridgehead atoms. The van der Waals surface area contributed by atoms with Crippen molar-refractivity contribution >= 4 is 21.8 Å². The minimum Gasteiger partial charge on any atom is -0.393 e. The Morgan fingerprint density at radius 2 is 2.32 bits per heavy atom. The molecule has 1 saturated carbocycles. The predicted octanol–water partition coefficient (Wildman–Crippen LogP) is 2.72. The van der Waals surface area contributed by atoms with Gasteiger partial charge in [-0.25, -0.2) is 0 Å². The van der Waals surface area contributed by atoms with Crippen molar-refractivity contribution in [3.63, 3.8) is 0 Å². The van der Waals surface area contributed by atoms with Crippen molar-refractivity contribution < 1.29 is 9.90 Å². The van der Waals surface area contributed by atoms with E-state index in [0.29, 0.717) is 18.2 Å². The highest BCUT2D eigenvalue weighted by Crippen LogP contribution is 2.25. The maximum Gasteiger partial charge on any atom is 0.267 e. The summed E-state index contributed by atoms with van der Waals surface area (Å²) in [6.07, 6.45) is 4.40. The average Bonchev–Trinajstić information content (AvgIpc) is 2.92. The lowest BCUT2D eigenvalue weighted by Crippen LogP contribution is -2.30. The second-order valence-corrected chi connectivity index (χ2v) is 6.50. The molecule has 0 spiro atoms. The van der Waals surface area contributed by atoms with Crippen LogP contribution in [0.3, 0.4) is 0 Å². The SMILES string of the molecule is CC(C)n1cc(Br)cc1C(=O)NCC1CCC(O)C1. The number of carbonyl (C=O) groups is 1. The number of amides is 1. The number of carbonyl (C=O) groups excluding carboxylic acids is 1. The van der Waals surface area contributed by atoms with Gasteiger partial charge in [0.15, 0.2) is 0 Å². The first-order valence-corrected chi connectivity index (χ1v) is 7.60. The van der Waals surface area contributed by atoms with E-state index in [0.717, 1.165) is 23.7 Å². The lowest BCUT2D eigenvalue weighted by atomic mass is 10.1. The fourth-order valence-electron chi connectivity index (χ4n) is 2.62. The monoisotopic (exact) mass is 328 g/mol. The fraction of sp³-hybridized carbons (Fsp3) is 0.643. The summed E-state index contributed by atoms with van der Waals surface area (Å²) >= 11 is 3.41. The van der Waals surface area contributed by atoms with Crippen molar-refractivity contribution in [3.8, 4) is 0 Å². The van der Waals surface area contributed by atoms with E-state index < -0.39 is 0 Å². The summed E-state index contributed by atoms with van der Waals surface area (Å²) in [5, 5.41) is 12.5. The number of halogens is 1. The first kappa shape index (κ1) is 14.6. The molecule has 19 heavy (non-hydrogen) atoms. The standard InChI is InChI=1S/C14H21BrN2O2/c1-9(2)17-8-11(15)6-13(17)14(19)16-7-10-3-4-12(18)5-10/h6,8-10,12,18H,3-5,7H2,1-2H3,(H,16,19). The molecule has 1 fully saturated rings. The van der Waals surface area contributed by atoms with Gasteiger partial charge in [0.1, 0.15) is 5.69 Å². The van der Waals surface area contributed by atoms with Crippen LogP contribution in [0.5, 0.6) is 0 Å². The highest BCUT2D eigenvalue weighted by atomic mass is 79.9. The molecular formula is C14H21BrN2O2. The summed E-state index contributed by atoms with van der Waals surface area (Å²) in [5.74, 6) is 0.366. The molecule has 0 aliphatic heterocycles. The van der Waals surface area contributed by atoms with Gasteiger partial charge in [0.2, 0.25) is 0 Å². The molecule has 1 aliphatic carbocycles. The van der Waals surface area contributed by atoms with Gasteiger partial charge in [0.25, 0.3) is 5.91 Å². The third kappa shape index (κ3) is 3.60. The normalized spacial score (nSPS) is 23.0. The lowest BCUT2D eigenvalue weighted by Gasteiger charge is -2.14. The predicted molar refractivity (Wildman–Crippen MR) is 78.2 cm³/mol. The van der Waals surface area contributed by atoms with Crippen LogP contribution < -0.4 is 5.32 Å². The van der Waals surface area contributed by atoms with Crippen molar-refractivity contribution in [2.75, 3.05) is 6.54 Å². The Bertz CT molecular complexity index is 456. The van der Waals surface area contributed by atoms with E-state index in [1.165, 1.54) is 0 Å². The second-order valence-electron chi connectivity index (χ2n) is 5.59. The smallest absolute Gasteiger partial charge is 0.267 e. The Morgan fingerprint density at radius 3 is 2.89 bits per heavy atom. The Balaban J connectivity index is 1.96. The molecule has 1 heterocycles. The summed E-state index contributed by atoms with van der Waals surface area (Å²) in [6, 6.07) is 2.10. The van der Waals surface area contributed by atoms with E-state index in [1.807, 2.05) is 16.8 Å². The van der Waals surface area contributed by atoms with Crippen LogP contribution >= 0.6 is 15.9 Å². The van der Waals surface area contributed by atoms with Gasteiger partial charge in [0.05, 0.1) is 6.10 Å². The molecule has 4 nitrogen and oxygen atoms in total. The zero-order valence-electron chi connectivity index (χ0n) is 11.4. The van der Waals surface area contributed by atoms with Gasteiger partial charge in [-0.2, -0.15) is 0 Å². The van der Waals surface area contributed by atoms with Gasteiger partial charge in [0, 0.05) is 23.3 Å². The van der Waals surface area contributed by atoms with Crippen molar-refractivity contribution in [1.29, 1.82) is 0 Å². The topological polar surface area (TPSA) is 54.3 Å². The number of hydrogen-bond donors (Lipinski definition) is 2. The van der Waals surface area contributed by atoms with Crippen LogP contribution in [0.2, 0.25) is 0 Å². The zero-order chi connectivity index (χ0) is 14.0. The minimum absolute atomic E-state index is 0.0409. The number of aliphatic hydroxyl groups is 1. The summed E-state index contributed by atoms with van der Waals surface area (Å²) in [7, 11) is 0. The summed E-state index contributed by atoms with van der Waals surface area (Å²) in [4.78, 5) is 12.2. The van der Waals surface area contributed by atoms with Crippen molar-refractivity contribution in [3.05, 3.63) is 22.4 Å². The van der Waals surface area contributed by atoms with Crippen LogP contribution in [0.25, 0.3) is 0 Å². The molecule has 2 N–H and O–H groups in total. The molecule has 2 unspecified atom stereocenters. The van der Waals surface area contributed by atoms with E-state index in [9.17, 15) is 9.90 Å². The van der Waals surface area contributed by atoms with Crippen LogP contribution in [0.4, 0.5) is 0 Å². The van der Waals surface area contributed by atoms with Gasteiger partial charge in [-0.15, -0.1) is 0 Å². The molecule has 1 aliphatic rings. The number of hydrogen-bond acceptors (Lipinski definition) is 2. The lowest BCUT2D eigenvalue weighted by molar-refractivity contribution is 0.0934. The maximum atomic E-state index is 12.2. The van der Waals surface area contributed by atoms with Gasteiger partial charge in [-0.05, 0) is 61.0 Å². The fourth-order valence-corrected chi connectivity index (χ4v) is 3.05. The Labute approximate surface area is 122 Å². The number of aliphatic hydroxyl groups excluding tert-OH is 1. The molecular weight excluding hydrogens is 308 g/mol. The van der Waals surface area contributed by atoms with E-state index in [2.05, 4.69) is 35.1 Å². The molecule has 5 heteroatoms. The summed E-state index contributed by atoms with van der Waals surface area (Å²) < 4.78 is 2.88. The number of rotatable bonds is 4. The molecule has 1 aromatic rings. The molecule has 1 aromatic heterocycles. The zero-order valence-corrected chi connectivity index (χ0v) is 13.0. The van der Waals surface area contributed by atoms with Crippen LogP contribution in [-0.2, 0) is 0 Å². The van der Waals surface area contributed by atoms with Crippen LogP contribution in [0.1, 0.15) is 49.6 Å². The molecule has 2 rings (SSSR count). The third-order valence-electron chi connectivity index (χ3n) is 3.67. The molecule has 0 saturated heterocycles. The Hall–Kier alpha value is -0.810. The number of nitrogens with one attached hydrogen (secondary N) is 1. The molecule has 2 atom stereocenters. The van der Waals surface area contributed by atoms with Gasteiger partial charge in [-0.3, -0.25) is 4.79 Å². The van der Waals surface area contributed by atoms with Gasteiger partial charge >= 0.3 is 0 Å². The second kappa shape index (κ2) is 6.09. The van der Waals surface area contributed by atoms with Crippen molar-refractivity contribution in [2.24, 2.45) is 5.92 Å². The number of aromatic nitrogens is 1. The first-order chi connectivity index (χ1) is 8.97. The highest BCUT2D eigenvalue weighted by Gasteiger charge is 2.23. The van der Waals surface area contributed by atoms with E-state index >= 15 is 0 Å². The summed E-state index contributed by atoms with van der Waals surface area (Å²) in [6.45, 7) is 4.75. The minimum atomic E-state index is -0.185. The van der Waals surface area contributed by atoms with Crippen LogP contribution in [-0.4, -0.2) is 28.2 Å². The Morgan fingerprint density at radius 1 is 1.58 bits per heavy atom. The number of nitrogens with zero attached hydrogens (tertiary/aromatic N) is 1. The van der Waals surface area contributed by atoms with Crippen LogP contribution in [0.15, 0.2) is 16.7 Å². The average molecular weight is 329 g/mol. The van der Waals surface area contributed by atoms with E-state index in [-0.39, 0.29) is 18.1 Å². The third-order valence-corrected chi connectivity index (χ3v) is 4.10. The van der Waals surface area contributed by atoms with E-state index in [1.54, 1.807) is 0 Å². The maximum absolute atomic E-state index is 12.2. The molecule has 1 amide bonds. The highest BCUT2D eigenvalue weighted by molar-refractivity contribution is 9.10. The molecule has 106 valence electrons. The van der Waals surface area contributed by atoms with Crippen LogP contribution in [0, 0.1) is 5.92 Å². The van der Waals surface area contributed by atoms with Crippen molar-refractivity contribution in [2.45, 2.75) is 45.3 Å². The van der Waals surface area contributed by atoms with Gasteiger partial charge in [-0.1, -0.05) is 0 Å². The van der Waals surface area contributed by atoms with Gasteiger partial charge < -0.3 is 15.0 Å². The molecule has 0 aromatic carbocycles. The molecule has 0 radical (unpaired) electrons. The van der Waals surface area contributed by atoms with Crippen molar-refractivity contribution in [1.82, 2.24) is 9.88 Å². The van der Waals surface area contributed by atoms with E-state index in [4.69, 9.17) is 0 Å². The largest absolute Gasteiger partial charge is 0.393 e. The summed E-state index contributed by atoms with van der Waals surface area (Å²) in [5.41, 5.74) is 0.681. The first-order valence-electron chi connectivity index (χ1n) is 6.81. The quantitative estimate of drug-likeness (QED) is 0.892.